The van der Waals surface area contributed by atoms with Gasteiger partial charge in [0.05, 0.1) is 11.0 Å². The molecule has 2 heterocycles. The van der Waals surface area contributed by atoms with Crippen molar-refractivity contribution in [3.05, 3.63) is 59.7 Å². The summed E-state index contributed by atoms with van der Waals surface area (Å²) in [5.74, 6) is 0.609. The largest absolute Gasteiger partial charge is 0.444 e. The van der Waals surface area contributed by atoms with Crippen LogP contribution in [-0.4, -0.2) is 33.7 Å². The van der Waals surface area contributed by atoms with Crippen LogP contribution in [0.1, 0.15) is 36.7 Å². The van der Waals surface area contributed by atoms with Gasteiger partial charge in [-0.1, -0.05) is 24.3 Å². The van der Waals surface area contributed by atoms with E-state index >= 15 is 0 Å². The third-order valence-electron chi connectivity index (χ3n) is 4.70. The molecule has 0 aliphatic carbocycles. The molecule has 29 heavy (non-hydrogen) atoms. The van der Waals surface area contributed by atoms with Crippen LogP contribution in [0.3, 0.4) is 0 Å². The third kappa shape index (κ3) is 3.94. The van der Waals surface area contributed by atoms with Crippen LogP contribution in [-0.2, 0) is 17.8 Å². The second-order valence-electron chi connectivity index (χ2n) is 8.06. The highest BCUT2D eigenvalue weighted by atomic mass is 16.6. The molecule has 1 N–H and O–H groups in total. The number of para-hydroxylation sites is 2. The molecule has 1 aliphatic rings. The van der Waals surface area contributed by atoms with Crippen molar-refractivity contribution in [1.29, 1.82) is 0 Å². The highest BCUT2D eigenvalue weighted by Crippen LogP contribution is 2.28. The molecule has 0 radical (unpaired) electrons. The van der Waals surface area contributed by atoms with Crippen molar-refractivity contribution in [3.63, 3.8) is 0 Å². The van der Waals surface area contributed by atoms with Gasteiger partial charge in [-0.05, 0) is 50.6 Å². The molecule has 3 aromatic rings. The number of carbonyl (C=O) groups excluding carboxylic acids is 2. The van der Waals surface area contributed by atoms with Crippen molar-refractivity contribution in [2.75, 3.05) is 11.4 Å². The molecule has 1 aromatic heterocycles. The number of aromatic nitrogens is 2. The maximum Gasteiger partial charge on any atom is 0.407 e. The molecule has 0 saturated heterocycles. The van der Waals surface area contributed by atoms with Gasteiger partial charge in [0.2, 0.25) is 5.95 Å². The van der Waals surface area contributed by atoms with Crippen LogP contribution in [0.15, 0.2) is 48.5 Å². The van der Waals surface area contributed by atoms with Gasteiger partial charge in [-0.25, -0.2) is 9.78 Å². The molecule has 0 spiro atoms. The Labute approximate surface area is 169 Å². The predicted molar refractivity (Wildman–Crippen MR) is 111 cm³/mol. The minimum absolute atomic E-state index is 0.0780. The number of rotatable bonds is 3. The molecule has 0 unspecified atom stereocenters. The molecule has 0 bridgehead atoms. The van der Waals surface area contributed by atoms with Crippen molar-refractivity contribution >= 4 is 29.0 Å². The third-order valence-corrected chi connectivity index (χ3v) is 4.70. The summed E-state index contributed by atoms with van der Waals surface area (Å²) in [5, 5.41) is 2.72. The second kappa shape index (κ2) is 7.24. The lowest BCUT2D eigenvalue weighted by Crippen LogP contribution is -2.32. The molecular weight excluding hydrogens is 368 g/mol. The van der Waals surface area contributed by atoms with Crippen LogP contribution in [0.25, 0.3) is 11.0 Å². The van der Waals surface area contributed by atoms with Gasteiger partial charge < -0.3 is 14.6 Å². The number of benzene rings is 2. The molecule has 7 nitrogen and oxygen atoms in total. The molecule has 150 valence electrons. The van der Waals surface area contributed by atoms with E-state index in [1.54, 1.807) is 17.0 Å². The molecule has 0 atom stereocenters. The SMILES string of the molecule is CC(C)(C)OC(=O)NCc1ccc(C(=O)N2CCn3c2nc2ccccc23)cc1. The first kappa shape index (κ1) is 19.0. The van der Waals surface area contributed by atoms with E-state index in [1.165, 1.54) is 0 Å². The summed E-state index contributed by atoms with van der Waals surface area (Å²) in [6, 6.07) is 15.1. The van der Waals surface area contributed by atoms with Crippen molar-refractivity contribution in [3.8, 4) is 0 Å². The number of amides is 2. The van der Waals surface area contributed by atoms with Crippen LogP contribution in [0, 0.1) is 0 Å². The summed E-state index contributed by atoms with van der Waals surface area (Å²) in [4.78, 5) is 31.1. The van der Waals surface area contributed by atoms with Crippen LogP contribution in [0.5, 0.6) is 0 Å². The number of imidazole rings is 1. The van der Waals surface area contributed by atoms with E-state index in [1.807, 2.05) is 57.2 Å². The second-order valence-corrected chi connectivity index (χ2v) is 8.06. The summed E-state index contributed by atoms with van der Waals surface area (Å²) >= 11 is 0. The zero-order valence-electron chi connectivity index (χ0n) is 16.8. The van der Waals surface area contributed by atoms with Gasteiger partial charge in [-0.2, -0.15) is 0 Å². The van der Waals surface area contributed by atoms with Crippen LogP contribution >= 0.6 is 0 Å². The Morgan fingerprint density at radius 1 is 1.07 bits per heavy atom. The Morgan fingerprint density at radius 3 is 2.52 bits per heavy atom. The number of nitrogens with one attached hydrogen (secondary N) is 1. The van der Waals surface area contributed by atoms with Crippen molar-refractivity contribution < 1.29 is 14.3 Å². The Kier molecular flexibility index (Phi) is 4.74. The number of hydrogen-bond donors (Lipinski definition) is 1. The summed E-state index contributed by atoms with van der Waals surface area (Å²) in [7, 11) is 0. The number of anilines is 1. The van der Waals surface area contributed by atoms with Gasteiger partial charge in [0, 0.05) is 25.2 Å². The van der Waals surface area contributed by atoms with E-state index < -0.39 is 11.7 Å². The number of carbonyl (C=O) groups is 2. The van der Waals surface area contributed by atoms with Crippen molar-refractivity contribution in [2.45, 2.75) is 39.5 Å². The Balaban J connectivity index is 1.44. The highest BCUT2D eigenvalue weighted by Gasteiger charge is 2.29. The van der Waals surface area contributed by atoms with Gasteiger partial charge in [0.25, 0.3) is 5.91 Å². The van der Waals surface area contributed by atoms with Crippen LogP contribution < -0.4 is 10.2 Å². The molecule has 2 amide bonds. The average molecular weight is 392 g/mol. The minimum atomic E-state index is -0.535. The lowest BCUT2D eigenvalue weighted by Gasteiger charge is -2.19. The maximum absolute atomic E-state index is 13.0. The summed E-state index contributed by atoms with van der Waals surface area (Å²) < 4.78 is 7.30. The summed E-state index contributed by atoms with van der Waals surface area (Å²) in [6.45, 7) is 7.13. The molecule has 0 saturated carbocycles. The molecule has 1 aliphatic heterocycles. The van der Waals surface area contributed by atoms with E-state index in [-0.39, 0.29) is 5.91 Å². The Morgan fingerprint density at radius 2 is 1.79 bits per heavy atom. The lowest BCUT2D eigenvalue weighted by atomic mass is 10.1. The molecule has 2 aromatic carbocycles. The predicted octanol–water partition coefficient (Wildman–Crippen LogP) is 3.72. The zero-order chi connectivity index (χ0) is 20.6. The first-order chi connectivity index (χ1) is 13.8. The summed E-state index contributed by atoms with van der Waals surface area (Å²) in [6.07, 6.45) is -0.464. The fourth-order valence-corrected chi connectivity index (χ4v) is 3.39. The van der Waals surface area contributed by atoms with Gasteiger partial charge in [-0.3, -0.25) is 9.69 Å². The van der Waals surface area contributed by atoms with E-state index in [2.05, 4.69) is 14.9 Å². The molecular formula is C22H24N4O3. The first-order valence-electron chi connectivity index (χ1n) is 9.65. The minimum Gasteiger partial charge on any atom is -0.444 e. The summed E-state index contributed by atoms with van der Waals surface area (Å²) in [5.41, 5.74) is 2.88. The van der Waals surface area contributed by atoms with Crippen molar-refractivity contribution in [1.82, 2.24) is 14.9 Å². The average Bonchev–Trinajstić information content (AvgIpc) is 3.24. The smallest absolute Gasteiger partial charge is 0.407 e. The van der Waals surface area contributed by atoms with Gasteiger partial charge in [0.1, 0.15) is 5.60 Å². The fraction of sp³-hybridized carbons (Fsp3) is 0.318. The number of fused-ring (bicyclic) bond motifs is 3. The van der Waals surface area contributed by atoms with Gasteiger partial charge in [-0.15, -0.1) is 0 Å². The highest BCUT2D eigenvalue weighted by molar-refractivity contribution is 6.06. The van der Waals surface area contributed by atoms with Gasteiger partial charge in [0.15, 0.2) is 0 Å². The van der Waals surface area contributed by atoms with E-state index in [0.717, 1.165) is 23.1 Å². The van der Waals surface area contributed by atoms with Crippen LogP contribution in [0.4, 0.5) is 10.7 Å². The maximum atomic E-state index is 13.0. The van der Waals surface area contributed by atoms with E-state index in [9.17, 15) is 9.59 Å². The zero-order valence-corrected chi connectivity index (χ0v) is 16.8. The van der Waals surface area contributed by atoms with Gasteiger partial charge >= 0.3 is 6.09 Å². The number of alkyl carbamates (subject to hydrolysis) is 1. The van der Waals surface area contributed by atoms with Crippen molar-refractivity contribution in [2.24, 2.45) is 0 Å². The lowest BCUT2D eigenvalue weighted by molar-refractivity contribution is 0.0523. The van der Waals surface area contributed by atoms with Crippen LogP contribution in [0.2, 0.25) is 0 Å². The quantitative estimate of drug-likeness (QED) is 0.737. The topological polar surface area (TPSA) is 76.5 Å². The number of nitrogens with zero attached hydrogens (tertiary/aromatic N) is 3. The van der Waals surface area contributed by atoms with E-state index in [4.69, 9.17) is 4.74 Å². The molecule has 0 fully saturated rings. The monoisotopic (exact) mass is 392 g/mol. The Bertz CT molecular complexity index is 1060. The fourth-order valence-electron chi connectivity index (χ4n) is 3.39. The van der Waals surface area contributed by atoms with E-state index in [0.29, 0.717) is 24.6 Å². The first-order valence-corrected chi connectivity index (χ1v) is 9.65. The Hall–Kier alpha value is -3.35. The molecule has 7 heteroatoms. The molecule has 4 rings (SSSR count). The number of hydrogen-bond acceptors (Lipinski definition) is 4. The number of ether oxygens (including phenoxy) is 1. The standard InChI is InChI=1S/C22H24N4O3/c1-22(2,3)29-21(28)23-14-15-8-10-16(11-9-15)19(27)26-13-12-25-18-7-5-4-6-17(18)24-20(25)26/h4-11H,12-14H2,1-3H3,(H,23,28). The normalized spacial score (nSPS) is 13.4.